The van der Waals surface area contributed by atoms with Gasteiger partial charge in [-0.1, -0.05) is 36.4 Å². The predicted octanol–water partition coefficient (Wildman–Crippen LogP) is 4.15. The Balaban J connectivity index is 2.07. The lowest BCUT2D eigenvalue weighted by molar-refractivity contribution is 0.226. The van der Waals surface area contributed by atoms with Crippen molar-refractivity contribution < 1.29 is 4.39 Å². The fraction of sp³-hybridized carbons (Fsp3) is 0.333. The van der Waals surface area contributed by atoms with Crippen molar-refractivity contribution in [3.05, 3.63) is 69.9 Å². The molecule has 0 N–H and O–H groups in total. The van der Waals surface area contributed by atoms with Gasteiger partial charge in [0.05, 0.1) is 4.47 Å². The standard InChI is InChI=1S/C18H22BrFN2/c1-21(2)10-11-22(13-15-6-4-3-5-7-15)14-16-8-9-18(20)17(19)12-16/h3-9,12H,10-11,13-14H2,1-2H3. The zero-order chi connectivity index (χ0) is 15.9. The highest BCUT2D eigenvalue weighted by atomic mass is 79.9. The number of hydrogen-bond acceptors (Lipinski definition) is 2. The van der Waals surface area contributed by atoms with Crippen molar-refractivity contribution in [2.24, 2.45) is 0 Å². The fourth-order valence-corrected chi connectivity index (χ4v) is 2.72. The van der Waals surface area contributed by atoms with Gasteiger partial charge in [0.15, 0.2) is 0 Å². The second-order valence-corrected chi connectivity index (χ2v) is 6.60. The molecular formula is C18H22BrFN2. The van der Waals surface area contributed by atoms with E-state index in [0.29, 0.717) is 4.47 Å². The average molecular weight is 365 g/mol. The van der Waals surface area contributed by atoms with Gasteiger partial charge in [-0.2, -0.15) is 0 Å². The smallest absolute Gasteiger partial charge is 0.137 e. The number of benzene rings is 2. The monoisotopic (exact) mass is 364 g/mol. The van der Waals surface area contributed by atoms with E-state index in [1.54, 1.807) is 0 Å². The van der Waals surface area contributed by atoms with Gasteiger partial charge >= 0.3 is 0 Å². The van der Waals surface area contributed by atoms with E-state index in [1.165, 1.54) is 11.6 Å². The van der Waals surface area contributed by atoms with Gasteiger partial charge in [0, 0.05) is 26.2 Å². The normalized spacial score (nSPS) is 11.4. The number of hydrogen-bond donors (Lipinski definition) is 0. The summed E-state index contributed by atoms with van der Waals surface area (Å²) in [6, 6.07) is 15.7. The van der Waals surface area contributed by atoms with Crippen LogP contribution in [0.3, 0.4) is 0 Å². The third kappa shape index (κ3) is 5.52. The number of halogens is 2. The van der Waals surface area contributed by atoms with Crippen LogP contribution in [0.15, 0.2) is 53.0 Å². The molecule has 0 unspecified atom stereocenters. The Bertz CT molecular complexity index is 587. The second-order valence-electron chi connectivity index (χ2n) is 5.75. The first kappa shape index (κ1) is 17.1. The quantitative estimate of drug-likeness (QED) is 0.727. The molecule has 0 bridgehead atoms. The molecule has 2 rings (SSSR count). The summed E-state index contributed by atoms with van der Waals surface area (Å²) in [5, 5.41) is 0. The summed E-state index contributed by atoms with van der Waals surface area (Å²) in [4.78, 5) is 4.56. The van der Waals surface area contributed by atoms with Crippen LogP contribution in [0.4, 0.5) is 4.39 Å². The van der Waals surface area contributed by atoms with E-state index in [0.717, 1.165) is 31.7 Å². The Kier molecular flexibility index (Phi) is 6.55. The van der Waals surface area contributed by atoms with E-state index < -0.39 is 0 Å². The van der Waals surface area contributed by atoms with Gasteiger partial charge in [-0.3, -0.25) is 4.90 Å². The first-order valence-electron chi connectivity index (χ1n) is 7.39. The topological polar surface area (TPSA) is 6.48 Å². The number of likely N-dealkylation sites (N-methyl/N-ethyl adjacent to an activating group) is 1. The molecule has 0 spiro atoms. The van der Waals surface area contributed by atoms with E-state index in [-0.39, 0.29) is 5.82 Å². The van der Waals surface area contributed by atoms with E-state index in [9.17, 15) is 4.39 Å². The lowest BCUT2D eigenvalue weighted by Crippen LogP contribution is -2.31. The summed E-state index contributed by atoms with van der Waals surface area (Å²) in [6.45, 7) is 3.66. The molecule has 0 aliphatic rings. The van der Waals surface area contributed by atoms with E-state index >= 15 is 0 Å². The van der Waals surface area contributed by atoms with E-state index in [4.69, 9.17) is 0 Å². The van der Waals surface area contributed by atoms with Crippen LogP contribution in [0.5, 0.6) is 0 Å². The molecule has 0 atom stereocenters. The molecule has 0 aliphatic carbocycles. The van der Waals surface area contributed by atoms with Crippen LogP contribution in [0.1, 0.15) is 11.1 Å². The lowest BCUT2D eigenvalue weighted by Gasteiger charge is -2.24. The second kappa shape index (κ2) is 8.42. The predicted molar refractivity (Wildman–Crippen MR) is 93.2 cm³/mol. The van der Waals surface area contributed by atoms with Crippen LogP contribution in [-0.2, 0) is 13.1 Å². The zero-order valence-electron chi connectivity index (χ0n) is 13.1. The summed E-state index contributed by atoms with van der Waals surface area (Å²) in [6.07, 6.45) is 0. The first-order valence-corrected chi connectivity index (χ1v) is 8.19. The van der Waals surface area contributed by atoms with Crippen LogP contribution in [0.25, 0.3) is 0 Å². The fourth-order valence-electron chi connectivity index (χ4n) is 2.29. The molecule has 0 radical (unpaired) electrons. The molecule has 0 saturated heterocycles. The van der Waals surface area contributed by atoms with Crippen molar-refractivity contribution in [2.45, 2.75) is 13.1 Å². The molecule has 0 heterocycles. The maximum Gasteiger partial charge on any atom is 0.137 e. The van der Waals surface area contributed by atoms with Crippen molar-refractivity contribution in [3.8, 4) is 0 Å². The molecule has 118 valence electrons. The third-order valence-electron chi connectivity index (χ3n) is 3.50. The largest absolute Gasteiger partial charge is 0.308 e. The summed E-state index contributed by atoms with van der Waals surface area (Å²) >= 11 is 3.26. The molecule has 0 amide bonds. The van der Waals surface area contributed by atoms with Crippen LogP contribution in [0, 0.1) is 5.82 Å². The lowest BCUT2D eigenvalue weighted by atomic mass is 10.1. The molecular weight excluding hydrogens is 343 g/mol. The van der Waals surface area contributed by atoms with Crippen molar-refractivity contribution >= 4 is 15.9 Å². The summed E-state index contributed by atoms with van der Waals surface area (Å²) in [5.41, 5.74) is 2.41. The maximum absolute atomic E-state index is 13.4. The summed E-state index contributed by atoms with van der Waals surface area (Å²) in [5.74, 6) is -0.216. The number of rotatable bonds is 7. The van der Waals surface area contributed by atoms with Gasteiger partial charge in [-0.15, -0.1) is 0 Å². The van der Waals surface area contributed by atoms with Gasteiger partial charge in [0.1, 0.15) is 5.82 Å². The summed E-state index contributed by atoms with van der Waals surface area (Å²) in [7, 11) is 4.16. The van der Waals surface area contributed by atoms with Crippen LogP contribution in [-0.4, -0.2) is 37.0 Å². The van der Waals surface area contributed by atoms with Gasteiger partial charge in [0.2, 0.25) is 0 Å². The minimum Gasteiger partial charge on any atom is -0.308 e. The minimum absolute atomic E-state index is 0.216. The summed E-state index contributed by atoms with van der Waals surface area (Å²) < 4.78 is 13.9. The highest BCUT2D eigenvalue weighted by Crippen LogP contribution is 2.18. The molecule has 2 aromatic carbocycles. The first-order chi connectivity index (χ1) is 10.5. The highest BCUT2D eigenvalue weighted by molar-refractivity contribution is 9.10. The minimum atomic E-state index is -0.216. The van der Waals surface area contributed by atoms with E-state index in [2.05, 4.69) is 64.1 Å². The van der Waals surface area contributed by atoms with Gasteiger partial charge in [0.25, 0.3) is 0 Å². The molecule has 4 heteroatoms. The van der Waals surface area contributed by atoms with E-state index in [1.807, 2.05) is 18.2 Å². The van der Waals surface area contributed by atoms with Crippen LogP contribution >= 0.6 is 15.9 Å². The third-order valence-corrected chi connectivity index (χ3v) is 4.11. The van der Waals surface area contributed by atoms with Gasteiger partial charge in [-0.05, 0) is 53.3 Å². The highest BCUT2D eigenvalue weighted by Gasteiger charge is 2.09. The van der Waals surface area contributed by atoms with Crippen molar-refractivity contribution in [2.75, 3.05) is 27.2 Å². The Morgan fingerprint density at radius 3 is 2.23 bits per heavy atom. The van der Waals surface area contributed by atoms with Crippen molar-refractivity contribution in [1.82, 2.24) is 9.80 Å². The molecule has 0 aromatic heterocycles. The van der Waals surface area contributed by atoms with Gasteiger partial charge < -0.3 is 4.90 Å². The Hall–Kier alpha value is -1.23. The molecule has 2 aromatic rings. The molecule has 0 aliphatic heterocycles. The SMILES string of the molecule is CN(C)CCN(Cc1ccccc1)Cc1ccc(F)c(Br)c1. The maximum atomic E-state index is 13.4. The van der Waals surface area contributed by atoms with Crippen LogP contribution < -0.4 is 0 Å². The average Bonchev–Trinajstić information content (AvgIpc) is 2.49. The van der Waals surface area contributed by atoms with Gasteiger partial charge in [-0.25, -0.2) is 4.39 Å². The zero-order valence-corrected chi connectivity index (χ0v) is 14.7. The van der Waals surface area contributed by atoms with Crippen molar-refractivity contribution in [1.29, 1.82) is 0 Å². The van der Waals surface area contributed by atoms with Crippen molar-refractivity contribution in [3.63, 3.8) is 0 Å². The van der Waals surface area contributed by atoms with Crippen LogP contribution in [0.2, 0.25) is 0 Å². The Morgan fingerprint density at radius 1 is 0.909 bits per heavy atom. The molecule has 0 saturated carbocycles. The molecule has 0 fully saturated rings. The Labute approximate surface area is 140 Å². The Morgan fingerprint density at radius 2 is 1.59 bits per heavy atom. The number of nitrogens with zero attached hydrogens (tertiary/aromatic N) is 2. The molecule has 2 nitrogen and oxygen atoms in total. The molecule has 22 heavy (non-hydrogen) atoms.